The van der Waals surface area contributed by atoms with Crippen LogP contribution >= 0.6 is 0 Å². The smallest absolute Gasteiger partial charge is 0.326 e. The van der Waals surface area contributed by atoms with Crippen molar-refractivity contribution in [3.8, 4) is 0 Å². The molecule has 3 aromatic rings. The first-order valence-corrected chi connectivity index (χ1v) is 12.7. The number of amides is 2. The van der Waals surface area contributed by atoms with Gasteiger partial charge < -0.3 is 41.6 Å². The summed E-state index contributed by atoms with van der Waals surface area (Å²) in [5, 5.41) is 14.6. The normalized spacial score (nSPS) is 11.7. The zero-order valence-corrected chi connectivity index (χ0v) is 22.5. The number of H-pyrrole nitrogens is 1. The summed E-state index contributed by atoms with van der Waals surface area (Å²) < 4.78 is 10.5. The fourth-order valence-corrected chi connectivity index (χ4v) is 3.59. The number of nitrogen functional groups attached to an aromatic ring is 1. The summed E-state index contributed by atoms with van der Waals surface area (Å²) in [5.41, 5.74) is 11.3. The molecule has 0 aliphatic heterocycles. The van der Waals surface area contributed by atoms with Gasteiger partial charge in [0, 0.05) is 37.8 Å². The Bertz CT molecular complexity index is 1400. The molecule has 0 aliphatic carbocycles. The van der Waals surface area contributed by atoms with Crippen LogP contribution in [0.15, 0.2) is 35.3 Å². The van der Waals surface area contributed by atoms with E-state index >= 15 is 0 Å². The zero-order chi connectivity index (χ0) is 29.8. The number of carbonyl (C=O) groups excluding carboxylic acids is 2. The second-order valence-corrected chi connectivity index (χ2v) is 8.72. The van der Waals surface area contributed by atoms with E-state index in [-0.39, 0.29) is 54.6 Å². The van der Waals surface area contributed by atoms with Crippen molar-refractivity contribution in [1.82, 2.24) is 30.6 Å². The number of rotatable bonds is 16. The Kier molecular flexibility index (Phi) is 11.4. The molecular formula is C25H33N9O7. The number of anilines is 3. The predicted octanol–water partition coefficient (Wildman–Crippen LogP) is -0.865. The average Bonchev–Trinajstić information content (AvgIpc) is 2.95. The number of hydrogen-bond donors (Lipinski definition) is 6. The lowest BCUT2D eigenvalue weighted by Gasteiger charge is -2.19. The number of nitrogens with zero attached hydrogens (tertiary/aromatic N) is 4. The SMILES string of the molecule is CN(c1ccc(C(=O)N[C@H](CCC(=O)NCCOCCOCCN)C(=O)O)cc1)c1cnc2nc(N)[nH]c(=O)c2n1. The minimum Gasteiger partial charge on any atom is -0.480 e. The third-order valence-electron chi connectivity index (χ3n) is 5.75. The van der Waals surface area contributed by atoms with Gasteiger partial charge in [0.15, 0.2) is 17.0 Å². The maximum Gasteiger partial charge on any atom is 0.326 e. The Labute approximate surface area is 234 Å². The third kappa shape index (κ3) is 9.20. The molecule has 2 heterocycles. The molecule has 2 amide bonds. The fraction of sp³-hybridized carbons (Fsp3) is 0.400. The van der Waals surface area contributed by atoms with Crippen LogP contribution in [0.1, 0.15) is 23.2 Å². The molecule has 0 radical (unpaired) electrons. The Morgan fingerprint density at radius 3 is 2.49 bits per heavy atom. The van der Waals surface area contributed by atoms with Gasteiger partial charge >= 0.3 is 5.97 Å². The summed E-state index contributed by atoms with van der Waals surface area (Å²) in [4.78, 5) is 65.0. The van der Waals surface area contributed by atoms with E-state index < -0.39 is 23.5 Å². The Morgan fingerprint density at radius 2 is 1.80 bits per heavy atom. The van der Waals surface area contributed by atoms with Gasteiger partial charge in [0.1, 0.15) is 6.04 Å². The standard InChI is InChI=1S/C25H33N9O7/c1-34(18-14-29-21-20(31-18)23(37)33-25(27)32-21)16-4-2-15(3-5-16)22(36)30-17(24(38)39)6-7-19(35)28-9-11-41-13-12-40-10-8-26/h2-5,14,17H,6-13,26H2,1H3,(H,28,35)(H,30,36)(H,38,39)(H3,27,29,32,33,37)/t17-/m1/s1. The highest BCUT2D eigenvalue weighted by Crippen LogP contribution is 2.22. The topological polar surface area (TPSA) is 241 Å². The lowest BCUT2D eigenvalue weighted by Crippen LogP contribution is -2.41. The molecule has 0 saturated carbocycles. The molecule has 0 fully saturated rings. The molecule has 2 aromatic heterocycles. The number of hydrogen-bond acceptors (Lipinski definition) is 12. The Morgan fingerprint density at radius 1 is 1.10 bits per heavy atom. The Balaban J connectivity index is 1.50. The number of carbonyl (C=O) groups is 3. The minimum atomic E-state index is -1.26. The van der Waals surface area contributed by atoms with Gasteiger partial charge in [-0.1, -0.05) is 0 Å². The van der Waals surface area contributed by atoms with Gasteiger partial charge in [0.25, 0.3) is 11.5 Å². The van der Waals surface area contributed by atoms with Gasteiger partial charge in [-0.25, -0.2) is 14.8 Å². The van der Waals surface area contributed by atoms with Crippen LogP contribution in [-0.4, -0.2) is 95.4 Å². The van der Waals surface area contributed by atoms with E-state index in [4.69, 9.17) is 20.9 Å². The highest BCUT2D eigenvalue weighted by atomic mass is 16.5. The van der Waals surface area contributed by atoms with Crippen molar-refractivity contribution in [2.45, 2.75) is 18.9 Å². The number of nitrogens with two attached hydrogens (primary N) is 2. The molecule has 0 aliphatic rings. The van der Waals surface area contributed by atoms with Gasteiger partial charge in [-0.3, -0.25) is 19.4 Å². The maximum absolute atomic E-state index is 12.7. The number of aromatic nitrogens is 4. The molecule has 0 unspecified atom stereocenters. The number of benzene rings is 1. The second kappa shape index (κ2) is 15.2. The van der Waals surface area contributed by atoms with Crippen LogP contribution in [0.5, 0.6) is 0 Å². The van der Waals surface area contributed by atoms with E-state index in [0.29, 0.717) is 37.9 Å². The quantitative estimate of drug-likeness (QED) is 0.115. The zero-order valence-electron chi connectivity index (χ0n) is 22.5. The largest absolute Gasteiger partial charge is 0.480 e. The highest BCUT2D eigenvalue weighted by molar-refractivity contribution is 5.97. The van der Waals surface area contributed by atoms with Crippen LogP contribution in [0.2, 0.25) is 0 Å². The van der Waals surface area contributed by atoms with E-state index in [0.717, 1.165) is 0 Å². The van der Waals surface area contributed by atoms with Gasteiger partial charge in [0.2, 0.25) is 11.9 Å². The van der Waals surface area contributed by atoms with Gasteiger partial charge in [0.05, 0.1) is 32.6 Å². The summed E-state index contributed by atoms with van der Waals surface area (Å²) in [5.74, 6) is -1.96. The van der Waals surface area contributed by atoms with Crippen molar-refractivity contribution >= 4 is 46.4 Å². The average molecular weight is 572 g/mol. The molecular weight excluding hydrogens is 538 g/mol. The first-order valence-electron chi connectivity index (χ1n) is 12.7. The summed E-state index contributed by atoms with van der Waals surface area (Å²) in [7, 11) is 1.69. The first-order chi connectivity index (χ1) is 19.7. The van der Waals surface area contributed by atoms with E-state index in [1.54, 1.807) is 24.1 Å². The molecule has 41 heavy (non-hydrogen) atoms. The molecule has 0 spiro atoms. The summed E-state index contributed by atoms with van der Waals surface area (Å²) in [6, 6.07) is 5.01. The van der Waals surface area contributed by atoms with Crippen LogP contribution < -0.4 is 32.6 Å². The van der Waals surface area contributed by atoms with Crippen molar-refractivity contribution in [3.63, 3.8) is 0 Å². The van der Waals surface area contributed by atoms with Crippen LogP contribution in [0.4, 0.5) is 17.5 Å². The van der Waals surface area contributed by atoms with Gasteiger partial charge in [-0.2, -0.15) is 4.98 Å². The number of ether oxygens (including phenoxy) is 2. The number of aliphatic carboxylic acids is 1. The van der Waals surface area contributed by atoms with E-state index in [9.17, 15) is 24.3 Å². The van der Waals surface area contributed by atoms with Gasteiger partial charge in [-0.15, -0.1) is 0 Å². The van der Waals surface area contributed by atoms with E-state index in [1.807, 2.05) is 0 Å². The lowest BCUT2D eigenvalue weighted by molar-refractivity contribution is -0.139. The molecule has 220 valence electrons. The van der Waals surface area contributed by atoms with Crippen molar-refractivity contribution in [3.05, 3.63) is 46.4 Å². The third-order valence-corrected chi connectivity index (χ3v) is 5.75. The maximum atomic E-state index is 12.7. The minimum absolute atomic E-state index is 0.0189. The Hall–Kier alpha value is -4.67. The number of aromatic amines is 1. The first kappa shape index (κ1) is 30.9. The second-order valence-electron chi connectivity index (χ2n) is 8.72. The van der Waals surface area contributed by atoms with Crippen LogP contribution in [-0.2, 0) is 19.1 Å². The lowest BCUT2D eigenvalue weighted by atomic mass is 10.1. The summed E-state index contributed by atoms with van der Waals surface area (Å²) in [6.07, 6.45) is 1.23. The molecule has 16 nitrogen and oxygen atoms in total. The van der Waals surface area contributed by atoms with E-state index in [2.05, 4.69) is 30.6 Å². The van der Waals surface area contributed by atoms with Gasteiger partial charge in [-0.05, 0) is 30.7 Å². The van der Waals surface area contributed by atoms with Crippen LogP contribution in [0.3, 0.4) is 0 Å². The van der Waals surface area contributed by atoms with Crippen molar-refractivity contribution in [2.75, 3.05) is 57.2 Å². The number of nitrogens with one attached hydrogen (secondary N) is 3. The van der Waals surface area contributed by atoms with Crippen molar-refractivity contribution in [1.29, 1.82) is 0 Å². The number of carboxylic acids is 1. The van der Waals surface area contributed by atoms with E-state index in [1.165, 1.54) is 18.3 Å². The molecule has 1 aromatic carbocycles. The molecule has 0 saturated heterocycles. The molecule has 16 heteroatoms. The molecule has 3 rings (SSSR count). The molecule has 0 bridgehead atoms. The fourth-order valence-electron chi connectivity index (χ4n) is 3.59. The monoisotopic (exact) mass is 571 g/mol. The number of fused-ring (bicyclic) bond motifs is 1. The predicted molar refractivity (Wildman–Crippen MR) is 149 cm³/mol. The highest BCUT2D eigenvalue weighted by Gasteiger charge is 2.22. The summed E-state index contributed by atoms with van der Waals surface area (Å²) >= 11 is 0. The van der Waals surface area contributed by atoms with Crippen molar-refractivity contribution < 1.29 is 29.0 Å². The van der Waals surface area contributed by atoms with Crippen LogP contribution in [0.25, 0.3) is 11.2 Å². The summed E-state index contributed by atoms with van der Waals surface area (Å²) in [6.45, 7) is 2.19. The molecule has 1 atom stereocenters. The van der Waals surface area contributed by atoms with Crippen LogP contribution in [0, 0.1) is 0 Å². The van der Waals surface area contributed by atoms with Crippen molar-refractivity contribution in [2.24, 2.45) is 5.73 Å². The number of carboxylic acid groups (broad SMARTS) is 1. The molecule has 8 N–H and O–H groups in total.